The van der Waals surface area contributed by atoms with E-state index in [4.69, 9.17) is 0 Å². The third-order valence-corrected chi connectivity index (χ3v) is 9.17. The SMILES string of the molecule is CCCC12CC(C)C3(C1C)N(C)c1ccccc1C31CCN(C(C)=O)C21. The van der Waals surface area contributed by atoms with Gasteiger partial charge in [0.15, 0.2) is 0 Å². The Hall–Kier alpha value is -1.51. The van der Waals surface area contributed by atoms with Gasteiger partial charge >= 0.3 is 0 Å². The quantitative estimate of drug-likeness (QED) is 0.796. The number of benzene rings is 1. The molecule has 2 aliphatic heterocycles. The van der Waals surface area contributed by atoms with Crippen LogP contribution in [0, 0.1) is 17.3 Å². The largest absolute Gasteiger partial charge is 0.367 e. The number of carbonyl (C=O) groups is 1. The Labute approximate surface area is 157 Å². The maximum absolute atomic E-state index is 12.7. The van der Waals surface area contributed by atoms with Crippen LogP contribution in [0.5, 0.6) is 0 Å². The highest BCUT2D eigenvalue weighted by molar-refractivity contribution is 5.78. The van der Waals surface area contributed by atoms with Gasteiger partial charge in [-0.05, 0) is 48.1 Å². The molecule has 2 heterocycles. The lowest BCUT2D eigenvalue weighted by molar-refractivity contribution is -0.133. The predicted octanol–water partition coefficient (Wildman–Crippen LogP) is 4.21. The summed E-state index contributed by atoms with van der Waals surface area (Å²) in [6.45, 7) is 10.0. The van der Waals surface area contributed by atoms with E-state index in [1.807, 2.05) is 0 Å². The van der Waals surface area contributed by atoms with Crippen molar-refractivity contribution < 1.29 is 4.79 Å². The Kier molecular flexibility index (Phi) is 3.11. The molecule has 3 fully saturated rings. The van der Waals surface area contributed by atoms with Crippen molar-refractivity contribution >= 4 is 11.6 Å². The molecule has 1 aromatic carbocycles. The summed E-state index contributed by atoms with van der Waals surface area (Å²) in [5.74, 6) is 1.54. The molecule has 3 nitrogen and oxygen atoms in total. The van der Waals surface area contributed by atoms with E-state index in [9.17, 15) is 4.79 Å². The van der Waals surface area contributed by atoms with E-state index in [2.05, 4.69) is 61.9 Å². The van der Waals surface area contributed by atoms with Crippen LogP contribution >= 0.6 is 0 Å². The summed E-state index contributed by atoms with van der Waals surface area (Å²) in [5.41, 5.74) is 3.45. The van der Waals surface area contributed by atoms with Crippen molar-refractivity contribution in [3.05, 3.63) is 29.8 Å². The fraction of sp³-hybridized carbons (Fsp3) is 0.696. The number of rotatable bonds is 2. The molecular formula is C23H32N2O. The van der Waals surface area contributed by atoms with Crippen LogP contribution in [0.2, 0.25) is 0 Å². The number of hydrogen-bond donors (Lipinski definition) is 0. The van der Waals surface area contributed by atoms with Crippen LogP contribution in [0.1, 0.15) is 58.9 Å². The first kappa shape index (κ1) is 16.6. The Bertz CT molecular complexity index is 790. The molecule has 1 amide bonds. The molecule has 1 saturated heterocycles. The van der Waals surface area contributed by atoms with Gasteiger partial charge in [0.1, 0.15) is 0 Å². The van der Waals surface area contributed by atoms with E-state index in [1.165, 1.54) is 30.5 Å². The van der Waals surface area contributed by atoms with Crippen LogP contribution in [0.15, 0.2) is 24.3 Å². The normalized spacial score (nSPS) is 45.0. The number of para-hydroxylation sites is 1. The van der Waals surface area contributed by atoms with Crippen LogP contribution < -0.4 is 4.90 Å². The van der Waals surface area contributed by atoms with Crippen molar-refractivity contribution in [2.24, 2.45) is 17.3 Å². The highest BCUT2D eigenvalue weighted by Crippen LogP contribution is 2.80. The Morgan fingerprint density at radius 3 is 2.69 bits per heavy atom. The Morgan fingerprint density at radius 1 is 1.27 bits per heavy atom. The fourth-order valence-corrected chi connectivity index (χ4v) is 9.01. The second-order valence-corrected chi connectivity index (χ2v) is 9.55. The van der Waals surface area contributed by atoms with Crippen molar-refractivity contribution in [3.63, 3.8) is 0 Å². The summed E-state index contributed by atoms with van der Waals surface area (Å²) in [6.07, 6.45) is 4.83. The molecule has 3 heteroatoms. The van der Waals surface area contributed by atoms with E-state index < -0.39 is 0 Å². The molecule has 5 rings (SSSR count). The number of anilines is 1. The fourth-order valence-electron chi connectivity index (χ4n) is 9.01. The minimum atomic E-state index is 0.107. The lowest BCUT2D eigenvalue weighted by Crippen LogP contribution is -2.63. The van der Waals surface area contributed by atoms with E-state index in [1.54, 1.807) is 6.92 Å². The van der Waals surface area contributed by atoms with Gasteiger partial charge in [0.2, 0.25) is 5.91 Å². The van der Waals surface area contributed by atoms with Gasteiger partial charge in [-0.1, -0.05) is 45.4 Å². The molecule has 2 spiro atoms. The molecule has 140 valence electrons. The second-order valence-electron chi connectivity index (χ2n) is 9.55. The van der Waals surface area contributed by atoms with Gasteiger partial charge in [-0.2, -0.15) is 0 Å². The summed E-state index contributed by atoms with van der Waals surface area (Å²) in [7, 11) is 2.33. The van der Waals surface area contributed by atoms with Gasteiger partial charge in [0.05, 0.1) is 5.54 Å². The highest BCUT2D eigenvalue weighted by atomic mass is 16.2. The van der Waals surface area contributed by atoms with Crippen LogP contribution in [-0.2, 0) is 10.2 Å². The molecule has 2 saturated carbocycles. The van der Waals surface area contributed by atoms with Gasteiger partial charge in [0.25, 0.3) is 0 Å². The summed E-state index contributed by atoms with van der Waals surface area (Å²) in [4.78, 5) is 17.6. The molecule has 6 atom stereocenters. The van der Waals surface area contributed by atoms with Gasteiger partial charge in [0, 0.05) is 37.7 Å². The molecule has 26 heavy (non-hydrogen) atoms. The zero-order valence-electron chi connectivity index (χ0n) is 16.9. The third-order valence-electron chi connectivity index (χ3n) is 9.17. The van der Waals surface area contributed by atoms with Crippen LogP contribution in [0.4, 0.5) is 5.69 Å². The first-order valence-electron chi connectivity index (χ1n) is 10.5. The maximum Gasteiger partial charge on any atom is 0.219 e. The number of likely N-dealkylation sites (tertiary alicyclic amines) is 1. The Balaban J connectivity index is 1.85. The number of likely N-dealkylation sites (N-methyl/N-ethyl adjacent to an activating group) is 1. The smallest absolute Gasteiger partial charge is 0.219 e. The number of hydrogen-bond acceptors (Lipinski definition) is 2. The van der Waals surface area contributed by atoms with Crippen LogP contribution in [0.25, 0.3) is 0 Å². The van der Waals surface area contributed by atoms with Crippen molar-refractivity contribution in [2.45, 2.75) is 70.4 Å². The van der Waals surface area contributed by atoms with E-state index in [0.717, 1.165) is 13.0 Å². The minimum Gasteiger partial charge on any atom is -0.367 e. The lowest BCUT2D eigenvalue weighted by atomic mass is 9.57. The predicted molar refractivity (Wildman–Crippen MR) is 105 cm³/mol. The minimum absolute atomic E-state index is 0.107. The number of nitrogens with zero attached hydrogens (tertiary/aromatic N) is 2. The van der Waals surface area contributed by atoms with Gasteiger partial charge in [-0.3, -0.25) is 4.79 Å². The van der Waals surface area contributed by atoms with Crippen molar-refractivity contribution in [1.82, 2.24) is 4.90 Å². The molecular weight excluding hydrogens is 320 g/mol. The lowest BCUT2D eigenvalue weighted by Gasteiger charge is -2.52. The number of fused-ring (bicyclic) bond motifs is 3. The third kappa shape index (κ3) is 1.36. The highest BCUT2D eigenvalue weighted by Gasteiger charge is 2.85. The van der Waals surface area contributed by atoms with Crippen LogP contribution in [0.3, 0.4) is 0 Å². The molecule has 6 unspecified atom stereocenters. The molecule has 4 aliphatic rings. The molecule has 2 aliphatic carbocycles. The number of carbonyl (C=O) groups excluding carboxylic acids is 1. The van der Waals surface area contributed by atoms with E-state index >= 15 is 0 Å². The summed E-state index contributed by atoms with van der Waals surface area (Å²) in [6, 6.07) is 9.44. The zero-order chi connectivity index (χ0) is 18.5. The Morgan fingerprint density at radius 2 is 2.00 bits per heavy atom. The summed E-state index contributed by atoms with van der Waals surface area (Å²) >= 11 is 0. The van der Waals surface area contributed by atoms with Gasteiger partial charge in [-0.15, -0.1) is 0 Å². The van der Waals surface area contributed by atoms with E-state index in [0.29, 0.717) is 17.9 Å². The molecule has 0 N–H and O–H groups in total. The summed E-state index contributed by atoms with van der Waals surface area (Å²) in [5, 5.41) is 0. The first-order chi connectivity index (χ1) is 12.4. The monoisotopic (exact) mass is 352 g/mol. The average molecular weight is 353 g/mol. The standard InChI is InChI=1S/C23H32N2O/c1-6-11-21-14-15(2)23(16(21)3)22(12-13-25(17(4)26)20(21)22)18-9-7-8-10-19(18)24(23)5/h7-10,15-16,20H,6,11-14H2,1-5H3. The van der Waals surface area contributed by atoms with E-state index in [-0.39, 0.29) is 22.3 Å². The second kappa shape index (κ2) is 4.85. The van der Waals surface area contributed by atoms with Gasteiger partial charge in [-0.25, -0.2) is 0 Å². The average Bonchev–Trinajstić information content (AvgIpc) is 3.23. The molecule has 2 bridgehead atoms. The first-order valence-corrected chi connectivity index (χ1v) is 10.5. The molecule has 0 radical (unpaired) electrons. The summed E-state index contributed by atoms with van der Waals surface area (Å²) < 4.78 is 0. The maximum atomic E-state index is 12.7. The van der Waals surface area contributed by atoms with Gasteiger partial charge < -0.3 is 9.80 Å². The zero-order valence-corrected chi connectivity index (χ0v) is 16.9. The van der Waals surface area contributed by atoms with Crippen molar-refractivity contribution in [2.75, 3.05) is 18.5 Å². The molecule has 1 aromatic rings. The van der Waals surface area contributed by atoms with Crippen molar-refractivity contribution in [3.8, 4) is 0 Å². The number of amides is 1. The molecule has 0 aromatic heterocycles. The topological polar surface area (TPSA) is 23.6 Å². The van der Waals surface area contributed by atoms with Crippen molar-refractivity contribution in [1.29, 1.82) is 0 Å². The van der Waals surface area contributed by atoms with Crippen LogP contribution in [-0.4, -0.2) is 36.0 Å².